The minimum Gasteiger partial charge on any atom is -0.338 e. The second-order valence-electron chi connectivity index (χ2n) is 10.0. The maximum atomic E-state index is 13.2. The standard InChI is InChI=1S/C30H38ClN5O2S/c1-3-4-5-6-7-11-18-27(37)35-20-19-34(21-23(35)2)28(38)22-39-30-33-32-29(25-16-12-13-17-26(25)31)36(30)24-14-9-8-10-15-24/h8-10,12-17,23H,3-7,11,18-22H2,1-2H3. The highest BCUT2D eigenvalue weighted by Crippen LogP contribution is 2.32. The molecule has 1 atom stereocenters. The third kappa shape index (κ3) is 7.63. The van der Waals surface area contributed by atoms with Gasteiger partial charge >= 0.3 is 0 Å². The summed E-state index contributed by atoms with van der Waals surface area (Å²) < 4.78 is 1.95. The van der Waals surface area contributed by atoms with E-state index in [-0.39, 0.29) is 23.6 Å². The zero-order valence-electron chi connectivity index (χ0n) is 22.9. The fourth-order valence-corrected chi connectivity index (χ4v) is 6.04. The molecule has 0 bridgehead atoms. The van der Waals surface area contributed by atoms with Gasteiger partial charge in [-0.05, 0) is 37.6 Å². The van der Waals surface area contributed by atoms with Crippen LogP contribution < -0.4 is 0 Å². The Balaban J connectivity index is 1.35. The predicted octanol–water partition coefficient (Wildman–Crippen LogP) is 6.49. The van der Waals surface area contributed by atoms with Gasteiger partial charge in [0.05, 0.1) is 10.8 Å². The van der Waals surface area contributed by atoms with E-state index in [0.29, 0.717) is 42.1 Å². The molecule has 1 saturated heterocycles. The summed E-state index contributed by atoms with van der Waals surface area (Å²) in [4.78, 5) is 29.8. The van der Waals surface area contributed by atoms with E-state index < -0.39 is 0 Å². The summed E-state index contributed by atoms with van der Waals surface area (Å²) in [5.74, 6) is 1.12. The molecular weight excluding hydrogens is 530 g/mol. The number of hydrogen-bond acceptors (Lipinski definition) is 5. The zero-order valence-corrected chi connectivity index (χ0v) is 24.5. The molecule has 1 aromatic heterocycles. The highest BCUT2D eigenvalue weighted by Gasteiger charge is 2.30. The number of piperazine rings is 1. The van der Waals surface area contributed by atoms with Crippen molar-refractivity contribution in [3.05, 3.63) is 59.6 Å². The summed E-state index contributed by atoms with van der Waals surface area (Å²) in [6.45, 7) is 5.94. The number of benzene rings is 2. The number of nitrogens with zero attached hydrogens (tertiary/aromatic N) is 5. The number of hydrogen-bond donors (Lipinski definition) is 0. The van der Waals surface area contributed by atoms with Crippen LogP contribution in [-0.4, -0.2) is 67.8 Å². The lowest BCUT2D eigenvalue weighted by molar-refractivity contribution is -0.141. The molecule has 3 aromatic rings. The van der Waals surface area contributed by atoms with Crippen molar-refractivity contribution in [2.45, 2.75) is 70.0 Å². The van der Waals surface area contributed by atoms with Gasteiger partial charge in [-0.1, -0.05) is 92.7 Å². The first kappa shape index (κ1) is 29.2. The lowest BCUT2D eigenvalue weighted by Gasteiger charge is -2.40. The van der Waals surface area contributed by atoms with Crippen molar-refractivity contribution in [2.75, 3.05) is 25.4 Å². The van der Waals surface area contributed by atoms with Gasteiger partial charge in [0.15, 0.2) is 11.0 Å². The first-order chi connectivity index (χ1) is 19.0. The number of carbonyl (C=O) groups excluding carboxylic acids is 2. The van der Waals surface area contributed by atoms with Gasteiger partial charge in [0.1, 0.15) is 0 Å². The Morgan fingerprint density at radius 2 is 1.64 bits per heavy atom. The molecule has 2 aromatic carbocycles. The minimum absolute atomic E-state index is 0.0140. The van der Waals surface area contributed by atoms with Crippen LogP contribution in [0.1, 0.15) is 58.8 Å². The van der Waals surface area contributed by atoms with Gasteiger partial charge < -0.3 is 9.80 Å². The van der Waals surface area contributed by atoms with Crippen LogP contribution in [0.3, 0.4) is 0 Å². The van der Waals surface area contributed by atoms with Gasteiger partial charge in [0.2, 0.25) is 11.8 Å². The number of amides is 2. The van der Waals surface area contributed by atoms with Crippen molar-refractivity contribution in [3.63, 3.8) is 0 Å². The Labute approximate surface area is 240 Å². The fourth-order valence-electron chi connectivity index (χ4n) is 4.96. The number of halogens is 1. The van der Waals surface area contributed by atoms with Gasteiger partial charge in [0.25, 0.3) is 0 Å². The van der Waals surface area contributed by atoms with E-state index in [1.807, 2.05) is 75.9 Å². The Bertz CT molecular complexity index is 1240. The first-order valence-corrected chi connectivity index (χ1v) is 15.3. The van der Waals surface area contributed by atoms with Gasteiger partial charge in [0, 0.05) is 43.3 Å². The summed E-state index contributed by atoms with van der Waals surface area (Å²) in [5.41, 5.74) is 1.68. The van der Waals surface area contributed by atoms with E-state index >= 15 is 0 Å². The molecule has 4 rings (SSSR count). The molecule has 0 saturated carbocycles. The zero-order chi connectivity index (χ0) is 27.6. The van der Waals surface area contributed by atoms with Crippen molar-refractivity contribution >= 4 is 35.2 Å². The molecule has 0 spiro atoms. The van der Waals surface area contributed by atoms with Crippen LogP contribution in [-0.2, 0) is 9.59 Å². The molecule has 9 heteroatoms. The fraction of sp³-hybridized carbons (Fsp3) is 0.467. The van der Waals surface area contributed by atoms with Crippen LogP contribution in [0.4, 0.5) is 0 Å². The maximum Gasteiger partial charge on any atom is 0.233 e. The van der Waals surface area contributed by atoms with Gasteiger partial charge in [-0.2, -0.15) is 0 Å². The lowest BCUT2D eigenvalue weighted by Crippen LogP contribution is -2.55. The van der Waals surface area contributed by atoms with Crippen LogP contribution in [0.15, 0.2) is 59.8 Å². The molecule has 1 unspecified atom stereocenters. The molecule has 2 amide bonds. The molecule has 2 heterocycles. The normalized spacial score (nSPS) is 15.5. The molecule has 1 fully saturated rings. The molecule has 1 aliphatic heterocycles. The Morgan fingerprint density at radius 1 is 0.923 bits per heavy atom. The highest BCUT2D eigenvalue weighted by atomic mass is 35.5. The molecule has 39 heavy (non-hydrogen) atoms. The third-order valence-corrected chi connectivity index (χ3v) is 8.38. The summed E-state index contributed by atoms with van der Waals surface area (Å²) in [6, 6.07) is 17.4. The monoisotopic (exact) mass is 567 g/mol. The van der Waals surface area contributed by atoms with Crippen molar-refractivity contribution in [1.29, 1.82) is 0 Å². The Hall–Kier alpha value is -2.84. The van der Waals surface area contributed by atoms with Crippen LogP contribution in [0.5, 0.6) is 0 Å². The van der Waals surface area contributed by atoms with Crippen molar-refractivity contribution in [3.8, 4) is 17.1 Å². The van der Waals surface area contributed by atoms with Gasteiger partial charge in [-0.3, -0.25) is 14.2 Å². The van der Waals surface area contributed by atoms with E-state index in [2.05, 4.69) is 17.1 Å². The number of para-hydroxylation sites is 1. The molecular formula is C30H38ClN5O2S. The van der Waals surface area contributed by atoms with Crippen LogP contribution >= 0.6 is 23.4 Å². The molecule has 0 N–H and O–H groups in total. The topological polar surface area (TPSA) is 71.3 Å². The molecule has 7 nitrogen and oxygen atoms in total. The van der Waals surface area contributed by atoms with Crippen LogP contribution in [0, 0.1) is 0 Å². The van der Waals surface area contributed by atoms with E-state index in [0.717, 1.165) is 24.1 Å². The second-order valence-corrected chi connectivity index (χ2v) is 11.4. The minimum atomic E-state index is 0.0140. The van der Waals surface area contributed by atoms with Crippen molar-refractivity contribution < 1.29 is 9.59 Å². The predicted molar refractivity (Wildman–Crippen MR) is 158 cm³/mol. The Morgan fingerprint density at radius 3 is 2.38 bits per heavy atom. The number of carbonyl (C=O) groups is 2. The number of thioether (sulfide) groups is 1. The summed E-state index contributed by atoms with van der Waals surface area (Å²) in [6.07, 6.45) is 7.62. The number of rotatable bonds is 12. The van der Waals surface area contributed by atoms with Crippen molar-refractivity contribution in [2.24, 2.45) is 0 Å². The smallest absolute Gasteiger partial charge is 0.233 e. The van der Waals surface area contributed by atoms with Gasteiger partial charge in [-0.15, -0.1) is 10.2 Å². The largest absolute Gasteiger partial charge is 0.338 e. The summed E-state index contributed by atoms with van der Waals surface area (Å²) >= 11 is 7.85. The quantitative estimate of drug-likeness (QED) is 0.185. The van der Waals surface area contributed by atoms with E-state index in [4.69, 9.17) is 11.6 Å². The molecule has 0 radical (unpaired) electrons. The Kier molecular flexibility index (Phi) is 10.9. The summed E-state index contributed by atoms with van der Waals surface area (Å²) in [7, 11) is 0. The van der Waals surface area contributed by atoms with E-state index in [1.165, 1.54) is 37.4 Å². The third-order valence-electron chi connectivity index (χ3n) is 7.13. The molecule has 208 valence electrons. The summed E-state index contributed by atoms with van der Waals surface area (Å²) in [5, 5.41) is 10.1. The first-order valence-electron chi connectivity index (χ1n) is 14.0. The maximum absolute atomic E-state index is 13.2. The van der Waals surface area contributed by atoms with Crippen molar-refractivity contribution in [1.82, 2.24) is 24.6 Å². The van der Waals surface area contributed by atoms with E-state index in [1.54, 1.807) is 0 Å². The lowest BCUT2D eigenvalue weighted by atomic mass is 10.1. The second kappa shape index (κ2) is 14.5. The van der Waals surface area contributed by atoms with E-state index in [9.17, 15) is 9.59 Å². The number of unbranched alkanes of at least 4 members (excludes halogenated alkanes) is 5. The highest BCUT2D eigenvalue weighted by molar-refractivity contribution is 7.99. The molecule has 0 aliphatic carbocycles. The average molecular weight is 568 g/mol. The van der Waals surface area contributed by atoms with Crippen LogP contribution in [0.2, 0.25) is 5.02 Å². The SMILES string of the molecule is CCCCCCCCC(=O)N1CCN(C(=O)CSc2nnc(-c3ccccc3Cl)n2-c2ccccc2)CC1C. The van der Waals surface area contributed by atoms with Gasteiger partial charge in [-0.25, -0.2) is 0 Å². The average Bonchev–Trinajstić information content (AvgIpc) is 3.37. The van der Waals surface area contributed by atoms with Crippen LogP contribution in [0.25, 0.3) is 17.1 Å². The molecule has 1 aliphatic rings. The number of aromatic nitrogens is 3.